The quantitative estimate of drug-likeness (QED) is 0.482. The third-order valence-corrected chi connectivity index (χ3v) is 2.44. The monoisotopic (exact) mass is 259 g/mol. The van der Waals surface area contributed by atoms with Crippen LogP contribution in [0, 0.1) is 0 Å². The summed E-state index contributed by atoms with van der Waals surface area (Å²) in [6.07, 6.45) is 7.68. The van der Waals surface area contributed by atoms with Crippen LogP contribution in [0.4, 0.5) is 0 Å². The molecule has 0 saturated heterocycles. The summed E-state index contributed by atoms with van der Waals surface area (Å²) in [5.41, 5.74) is 0. The minimum absolute atomic E-state index is 0. The van der Waals surface area contributed by atoms with Gasteiger partial charge in [0.2, 0.25) is 0 Å². The molecule has 0 unspecified atom stereocenters. The van der Waals surface area contributed by atoms with Gasteiger partial charge < -0.3 is 11.6 Å². The molecular formula is C9H25NO5S. The van der Waals surface area contributed by atoms with Crippen LogP contribution < -0.4 is 6.15 Å². The zero-order valence-corrected chi connectivity index (χ0v) is 10.8. The van der Waals surface area contributed by atoms with Crippen LogP contribution in [0.5, 0.6) is 0 Å². The molecule has 16 heavy (non-hydrogen) atoms. The van der Waals surface area contributed by atoms with E-state index in [4.69, 9.17) is 4.55 Å². The topological polar surface area (TPSA) is 130 Å². The number of unbranched alkanes of at least 4 members (excludes halogenated alkanes) is 6. The van der Waals surface area contributed by atoms with E-state index in [2.05, 4.69) is 11.1 Å². The molecule has 0 aliphatic rings. The van der Waals surface area contributed by atoms with Crippen molar-refractivity contribution < 1.29 is 22.6 Å². The molecule has 0 heterocycles. The molecule has 6 nitrogen and oxygen atoms in total. The van der Waals surface area contributed by atoms with E-state index in [1.165, 1.54) is 25.7 Å². The maximum atomic E-state index is 10.1. The maximum Gasteiger partial charge on any atom is 0.397 e. The van der Waals surface area contributed by atoms with Crippen molar-refractivity contribution in [2.45, 2.75) is 51.9 Å². The molecule has 0 aliphatic heterocycles. The normalized spacial score (nSPS) is 10.4. The Morgan fingerprint density at radius 2 is 1.44 bits per heavy atom. The summed E-state index contributed by atoms with van der Waals surface area (Å²) in [6, 6.07) is 0. The molecule has 6 N–H and O–H groups in total. The van der Waals surface area contributed by atoms with Gasteiger partial charge >= 0.3 is 10.4 Å². The van der Waals surface area contributed by atoms with Crippen LogP contribution in [-0.2, 0) is 14.6 Å². The lowest BCUT2D eigenvalue weighted by Gasteiger charge is -2.00. The molecule has 0 spiro atoms. The van der Waals surface area contributed by atoms with Crippen molar-refractivity contribution in [3.8, 4) is 0 Å². The lowest BCUT2D eigenvalue weighted by Crippen LogP contribution is -2.04. The molecule has 0 bridgehead atoms. The molecule has 0 aromatic heterocycles. The predicted molar refractivity (Wildman–Crippen MR) is 64.1 cm³/mol. The Bertz CT molecular complexity index is 218. The van der Waals surface area contributed by atoms with E-state index in [0.29, 0.717) is 6.42 Å². The summed E-state index contributed by atoms with van der Waals surface area (Å²) in [5, 5.41) is 0. The molecule has 7 heteroatoms. The van der Waals surface area contributed by atoms with Crippen LogP contribution >= 0.6 is 0 Å². The first kappa shape index (κ1) is 21.1. The van der Waals surface area contributed by atoms with E-state index >= 15 is 0 Å². The molecular weight excluding hydrogens is 234 g/mol. The average molecular weight is 259 g/mol. The molecule has 0 radical (unpaired) electrons. The molecule has 0 atom stereocenters. The van der Waals surface area contributed by atoms with Crippen molar-refractivity contribution >= 4 is 10.4 Å². The lowest BCUT2D eigenvalue weighted by molar-refractivity contribution is 0.261. The van der Waals surface area contributed by atoms with E-state index < -0.39 is 10.4 Å². The fourth-order valence-corrected chi connectivity index (χ4v) is 1.55. The van der Waals surface area contributed by atoms with Gasteiger partial charge in [-0.25, -0.2) is 4.18 Å². The Kier molecular flexibility index (Phi) is 17.0. The van der Waals surface area contributed by atoms with Crippen LogP contribution in [0.1, 0.15) is 51.9 Å². The first-order chi connectivity index (χ1) is 6.56. The van der Waals surface area contributed by atoms with E-state index in [9.17, 15) is 8.42 Å². The van der Waals surface area contributed by atoms with E-state index in [1.54, 1.807) is 0 Å². The van der Waals surface area contributed by atoms with Crippen LogP contribution in [0.25, 0.3) is 0 Å². The second-order valence-corrected chi connectivity index (χ2v) is 4.46. The SMILES string of the molecule is CCCCCCCCCOS(=O)(=O)O.N.O. The largest absolute Gasteiger partial charge is 0.412 e. The highest BCUT2D eigenvalue weighted by atomic mass is 32.3. The summed E-state index contributed by atoms with van der Waals surface area (Å²) >= 11 is 0. The average Bonchev–Trinajstić information content (AvgIpc) is 2.08. The van der Waals surface area contributed by atoms with Gasteiger partial charge in [-0.2, -0.15) is 8.42 Å². The van der Waals surface area contributed by atoms with Crippen molar-refractivity contribution in [1.82, 2.24) is 6.15 Å². The first-order valence-electron chi connectivity index (χ1n) is 5.18. The van der Waals surface area contributed by atoms with Crippen molar-refractivity contribution in [3.05, 3.63) is 0 Å². The smallest absolute Gasteiger partial charge is 0.397 e. The standard InChI is InChI=1S/C9H20O4S.H3N.H2O/c1-2-3-4-5-6-7-8-9-13-14(10,11)12;;/h2-9H2,1H3,(H,10,11,12);1H3;1H2. The van der Waals surface area contributed by atoms with Gasteiger partial charge in [-0.3, -0.25) is 4.55 Å². The third-order valence-electron chi connectivity index (χ3n) is 1.98. The number of hydrogen-bond acceptors (Lipinski definition) is 4. The molecule has 102 valence electrons. The molecule has 0 aromatic carbocycles. The summed E-state index contributed by atoms with van der Waals surface area (Å²) in [7, 11) is -4.23. The third kappa shape index (κ3) is 19.4. The zero-order valence-electron chi connectivity index (χ0n) is 9.94. The van der Waals surface area contributed by atoms with Gasteiger partial charge in [0.25, 0.3) is 0 Å². The molecule has 0 amide bonds. The molecule has 0 aromatic rings. The van der Waals surface area contributed by atoms with Crippen LogP contribution in [0.3, 0.4) is 0 Å². The summed E-state index contributed by atoms with van der Waals surface area (Å²) < 4.78 is 32.7. The Morgan fingerprint density at radius 1 is 1.00 bits per heavy atom. The van der Waals surface area contributed by atoms with E-state index in [0.717, 1.165) is 12.8 Å². The minimum atomic E-state index is -4.23. The summed E-state index contributed by atoms with van der Waals surface area (Å²) in [5.74, 6) is 0. The predicted octanol–water partition coefficient (Wildman–Crippen LogP) is 1.89. The van der Waals surface area contributed by atoms with Gasteiger partial charge in [-0.1, -0.05) is 45.4 Å². The summed E-state index contributed by atoms with van der Waals surface area (Å²) in [4.78, 5) is 0. The van der Waals surface area contributed by atoms with Gasteiger partial charge in [-0.05, 0) is 6.42 Å². The van der Waals surface area contributed by atoms with Crippen molar-refractivity contribution in [1.29, 1.82) is 0 Å². The second-order valence-electron chi connectivity index (χ2n) is 3.37. The molecule has 0 aliphatic carbocycles. The molecule has 0 saturated carbocycles. The number of hydrogen-bond donors (Lipinski definition) is 2. The maximum absolute atomic E-state index is 10.1. The van der Waals surface area contributed by atoms with E-state index in [1.807, 2.05) is 0 Å². The van der Waals surface area contributed by atoms with Crippen molar-refractivity contribution in [3.63, 3.8) is 0 Å². The van der Waals surface area contributed by atoms with Crippen molar-refractivity contribution in [2.24, 2.45) is 0 Å². The Morgan fingerprint density at radius 3 is 1.88 bits per heavy atom. The first-order valence-corrected chi connectivity index (χ1v) is 6.54. The van der Waals surface area contributed by atoms with Gasteiger partial charge in [0.05, 0.1) is 6.61 Å². The highest BCUT2D eigenvalue weighted by molar-refractivity contribution is 7.80. The highest BCUT2D eigenvalue weighted by Crippen LogP contribution is 2.07. The molecule has 0 rings (SSSR count). The van der Waals surface area contributed by atoms with Crippen LogP contribution in [0.15, 0.2) is 0 Å². The van der Waals surface area contributed by atoms with Crippen molar-refractivity contribution in [2.75, 3.05) is 6.61 Å². The molecule has 0 fully saturated rings. The summed E-state index contributed by atoms with van der Waals surface area (Å²) in [6.45, 7) is 2.26. The van der Waals surface area contributed by atoms with Gasteiger partial charge in [0, 0.05) is 0 Å². The van der Waals surface area contributed by atoms with E-state index in [-0.39, 0.29) is 18.2 Å². The number of rotatable bonds is 9. The Hall–Kier alpha value is -0.210. The van der Waals surface area contributed by atoms with Gasteiger partial charge in [0.1, 0.15) is 0 Å². The Labute approximate surface area is 98.2 Å². The van der Waals surface area contributed by atoms with Crippen LogP contribution in [-0.4, -0.2) is 25.1 Å². The second kappa shape index (κ2) is 12.9. The highest BCUT2D eigenvalue weighted by Gasteiger charge is 2.02. The van der Waals surface area contributed by atoms with Gasteiger partial charge in [-0.15, -0.1) is 0 Å². The fourth-order valence-electron chi connectivity index (χ4n) is 1.22. The minimum Gasteiger partial charge on any atom is -0.412 e. The zero-order chi connectivity index (χ0) is 10.9. The van der Waals surface area contributed by atoms with Crippen LogP contribution in [0.2, 0.25) is 0 Å². The fraction of sp³-hybridized carbons (Fsp3) is 1.00. The van der Waals surface area contributed by atoms with Gasteiger partial charge in [0.15, 0.2) is 0 Å². The Balaban J connectivity index is -0.000000845. The lowest BCUT2D eigenvalue weighted by atomic mass is 10.1.